The molecule has 0 spiro atoms. The number of carbonyl (C=O) groups is 1. The van der Waals surface area contributed by atoms with Crippen LogP contribution in [0.4, 0.5) is 10.5 Å². The maximum Gasteiger partial charge on any atom is 0.321 e. The molecule has 1 atom stereocenters. The molecule has 1 aliphatic rings. The van der Waals surface area contributed by atoms with E-state index in [1.807, 2.05) is 16.7 Å². The third kappa shape index (κ3) is 3.52. The first-order valence-corrected chi connectivity index (χ1v) is 8.30. The van der Waals surface area contributed by atoms with Crippen molar-refractivity contribution in [3.8, 4) is 5.75 Å². The number of nitrogens with zero attached hydrogens (tertiary/aromatic N) is 1. The second-order valence-electron chi connectivity index (χ2n) is 4.81. The minimum absolute atomic E-state index is 0.0887. The Hall–Kier alpha value is -1.07. The number of anilines is 1. The highest BCUT2D eigenvalue weighted by molar-refractivity contribution is 7.98. The predicted molar refractivity (Wildman–Crippen MR) is 85.1 cm³/mol. The number of halogens is 1. The van der Waals surface area contributed by atoms with Gasteiger partial charge in [0.25, 0.3) is 0 Å². The number of benzene rings is 1. The largest absolute Gasteiger partial charge is 0.493 e. The summed E-state index contributed by atoms with van der Waals surface area (Å²) >= 11 is 7.87. The number of urea groups is 1. The van der Waals surface area contributed by atoms with Crippen LogP contribution in [0.3, 0.4) is 0 Å². The first-order valence-electron chi connectivity index (χ1n) is 6.53. The average Bonchev–Trinajstić information content (AvgIpc) is 2.88. The van der Waals surface area contributed by atoms with E-state index in [1.165, 1.54) is 0 Å². The van der Waals surface area contributed by atoms with Gasteiger partial charge in [-0.15, -0.1) is 0 Å². The molecule has 1 aromatic carbocycles. The minimum Gasteiger partial charge on any atom is -0.493 e. The summed E-state index contributed by atoms with van der Waals surface area (Å²) in [5.41, 5.74) is 0.610. The Labute approximate surface area is 128 Å². The second kappa shape index (κ2) is 7.09. The Kier molecular flexibility index (Phi) is 5.43. The van der Waals surface area contributed by atoms with Gasteiger partial charge in [-0.05, 0) is 36.5 Å². The maximum atomic E-state index is 12.3. The van der Waals surface area contributed by atoms with Gasteiger partial charge in [-0.2, -0.15) is 11.8 Å². The molecule has 0 radical (unpaired) electrons. The quantitative estimate of drug-likeness (QED) is 0.924. The van der Waals surface area contributed by atoms with Crippen LogP contribution in [-0.4, -0.2) is 43.1 Å². The summed E-state index contributed by atoms with van der Waals surface area (Å²) in [6, 6.07) is 5.23. The molecule has 2 rings (SSSR count). The van der Waals surface area contributed by atoms with Crippen molar-refractivity contribution < 1.29 is 9.53 Å². The number of methoxy groups -OCH3 is 1. The lowest BCUT2D eigenvalue weighted by molar-refractivity contribution is 0.221. The molecule has 1 unspecified atom stereocenters. The monoisotopic (exact) mass is 314 g/mol. The van der Waals surface area contributed by atoms with Crippen molar-refractivity contribution in [2.45, 2.75) is 6.42 Å². The van der Waals surface area contributed by atoms with Gasteiger partial charge in [-0.25, -0.2) is 4.79 Å². The lowest BCUT2D eigenvalue weighted by atomic mass is 10.2. The summed E-state index contributed by atoms with van der Waals surface area (Å²) in [7, 11) is 1.54. The molecule has 0 aromatic heterocycles. The van der Waals surface area contributed by atoms with Crippen LogP contribution in [0.25, 0.3) is 0 Å². The van der Waals surface area contributed by atoms with Gasteiger partial charge in [-0.3, -0.25) is 0 Å². The average molecular weight is 315 g/mol. The van der Waals surface area contributed by atoms with Crippen LogP contribution in [-0.2, 0) is 0 Å². The van der Waals surface area contributed by atoms with E-state index >= 15 is 0 Å². The van der Waals surface area contributed by atoms with Gasteiger partial charge >= 0.3 is 6.03 Å². The Morgan fingerprint density at radius 1 is 1.60 bits per heavy atom. The highest BCUT2D eigenvalue weighted by Crippen LogP contribution is 2.33. The van der Waals surface area contributed by atoms with Gasteiger partial charge in [0.2, 0.25) is 0 Å². The van der Waals surface area contributed by atoms with E-state index in [9.17, 15) is 4.79 Å². The fourth-order valence-corrected chi connectivity index (χ4v) is 3.39. The molecule has 1 N–H and O–H groups in total. The first kappa shape index (κ1) is 15.3. The lowest BCUT2D eigenvalue weighted by Crippen LogP contribution is -2.33. The number of rotatable bonds is 4. The molecule has 6 heteroatoms. The molecule has 110 valence electrons. The van der Waals surface area contributed by atoms with Crippen molar-refractivity contribution >= 4 is 35.1 Å². The van der Waals surface area contributed by atoms with Crippen LogP contribution in [0.1, 0.15) is 6.42 Å². The summed E-state index contributed by atoms with van der Waals surface area (Å²) in [5, 5.41) is 3.37. The highest BCUT2D eigenvalue weighted by atomic mass is 35.5. The maximum absolute atomic E-state index is 12.3. The summed E-state index contributed by atoms with van der Waals surface area (Å²) < 4.78 is 5.23. The lowest BCUT2D eigenvalue weighted by Gasteiger charge is -2.18. The smallest absolute Gasteiger partial charge is 0.321 e. The number of ether oxygens (including phenoxy) is 1. The van der Waals surface area contributed by atoms with E-state index in [0.717, 1.165) is 25.3 Å². The molecule has 2 amide bonds. The zero-order valence-electron chi connectivity index (χ0n) is 11.7. The van der Waals surface area contributed by atoms with Crippen LogP contribution in [0.5, 0.6) is 5.75 Å². The summed E-state index contributed by atoms with van der Waals surface area (Å²) in [6.45, 7) is 1.62. The van der Waals surface area contributed by atoms with Crippen molar-refractivity contribution in [3.63, 3.8) is 0 Å². The van der Waals surface area contributed by atoms with Crippen molar-refractivity contribution in [1.29, 1.82) is 0 Å². The molecule has 1 aromatic rings. The number of nitrogens with one attached hydrogen (secondary N) is 1. The van der Waals surface area contributed by atoms with E-state index in [0.29, 0.717) is 22.4 Å². The molecule has 4 nitrogen and oxygen atoms in total. The topological polar surface area (TPSA) is 41.6 Å². The Balaban J connectivity index is 2.00. The van der Waals surface area contributed by atoms with E-state index < -0.39 is 0 Å². The summed E-state index contributed by atoms with van der Waals surface area (Å²) in [4.78, 5) is 14.1. The van der Waals surface area contributed by atoms with Crippen LogP contribution >= 0.6 is 23.4 Å². The fraction of sp³-hybridized carbons (Fsp3) is 0.500. The summed E-state index contributed by atoms with van der Waals surface area (Å²) in [6.07, 6.45) is 3.17. The number of likely N-dealkylation sites (tertiary alicyclic amines) is 1. The Bertz CT molecular complexity index is 484. The zero-order valence-corrected chi connectivity index (χ0v) is 13.3. The highest BCUT2D eigenvalue weighted by Gasteiger charge is 2.26. The SMILES string of the molecule is COc1c(Cl)cccc1NC(=O)N1CCC(CSC)C1. The standard InChI is InChI=1S/C14H19ClN2O2S/c1-19-13-11(15)4-3-5-12(13)16-14(18)17-7-6-10(8-17)9-20-2/h3-5,10H,6-9H2,1-2H3,(H,16,18). The first-order chi connectivity index (χ1) is 9.65. The van der Waals surface area contributed by atoms with E-state index in [2.05, 4.69) is 11.6 Å². The molecule has 1 aliphatic heterocycles. The molecule has 0 aliphatic carbocycles. The van der Waals surface area contributed by atoms with Gasteiger partial charge in [-0.1, -0.05) is 17.7 Å². The van der Waals surface area contributed by atoms with Crippen molar-refractivity contribution in [2.24, 2.45) is 5.92 Å². The van der Waals surface area contributed by atoms with Crippen molar-refractivity contribution in [2.75, 3.05) is 37.5 Å². The third-order valence-corrected chi connectivity index (χ3v) is 4.49. The number of carbonyl (C=O) groups excluding carboxylic acids is 1. The van der Waals surface area contributed by atoms with Crippen molar-refractivity contribution in [3.05, 3.63) is 23.2 Å². The van der Waals surface area contributed by atoms with E-state index in [4.69, 9.17) is 16.3 Å². The number of para-hydroxylation sites is 1. The van der Waals surface area contributed by atoms with E-state index in [-0.39, 0.29) is 6.03 Å². The van der Waals surface area contributed by atoms with Gasteiger partial charge in [0.15, 0.2) is 5.75 Å². The Morgan fingerprint density at radius 2 is 2.40 bits per heavy atom. The zero-order chi connectivity index (χ0) is 14.5. The Morgan fingerprint density at radius 3 is 3.10 bits per heavy atom. The number of hydrogen-bond acceptors (Lipinski definition) is 3. The molecule has 0 saturated carbocycles. The molecular formula is C14H19ClN2O2S. The molecule has 20 heavy (non-hydrogen) atoms. The van der Waals surface area contributed by atoms with Gasteiger partial charge in [0.05, 0.1) is 17.8 Å². The van der Waals surface area contributed by atoms with E-state index in [1.54, 1.807) is 25.3 Å². The van der Waals surface area contributed by atoms with Crippen LogP contribution < -0.4 is 10.1 Å². The molecule has 0 bridgehead atoms. The van der Waals surface area contributed by atoms with Gasteiger partial charge in [0, 0.05) is 13.1 Å². The fourth-order valence-electron chi connectivity index (χ4n) is 2.40. The van der Waals surface area contributed by atoms with Crippen LogP contribution in [0.2, 0.25) is 5.02 Å². The minimum atomic E-state index is -0.0887. The van der Waals surface area contributed by atoms with Crippen LogP contribution in [0.15, 0.2) is 18.2 Å². The van der Waals surface area contributed by atoms with Crippen LogP contribution in [0, 0.1) is 5.92 Å². The molecule has 1 saturated heterocycles. The predicted octanol–water partition coefficient (Wildman–Crippen LogP) is 3.57. The molecule has 1 fully saturated rings. The number of thioether (sulfide) groups is 1. The molecular weight excluding hydrogens is 296 g/mol. The summed E-state index contributed by atoms with van der Waals surface area (Å²) in [5.74, 6) is 2.20. The molecule has 1 heterocycles. The number of amides is 2. The second-order valence-corrected chi connectivity index (χ2v) is 6.12. The van der Waals surface area contributed by atoms with Gasteiger partial charge in [0.1, 0.15) is 0 Å². The third-order valence-electron chi connectivity index (χ3n) is 3.39. The van der Waals surface area contributed by atoms with Crippen molar-refractivity contribution in [1.82, 2.24) is 4.90 Å². The van der Waals surface area contributed by atoms with Gasteiger partial charge < -0.3 is 15.0 Å². The normalized spacial score (nSPS) is 18.1. The number of hydrogen-bond donors (Lipinski definition) is 1.